The third kappa shape index (κ3) is 26.4. The summed E-state index contributed by atoms with van der Waals surface area (Å²) in [6.07, 6.45) is 0.222. The third-order valence-electron chi connectivity index (χ3n) is 19.4. The first-order valence-electron chi connectivity index (χ1n) is 35.8. The molecule has 3 aliphatic heterocycles. The van der Waals surface area contributed by atoms with Gasteiger partial charge in [-0.15, -0.1) is 24.8 Å². The van der Waals surface area contributed by atoms with Crippen LogP contribution in [0.15, 0.2) is 124 Å². The molecule has 600 valence electrons. The van der Waals surface area contributed by atoms with Gasteiger partial charge in [-0.2, -0.15) is 4.31 Å². The monoisotopic (exact) mass is 1600 g/mol. The lowest BCUT2D eigenvalue weighted by Crippen LogP contribution is -2.44. The Morgan fingerprint density at radius 1 is 0.417 bits per heavy atom. The Labute approximate surface area is 656 Å². The van der Waals surface area contributed by atoms with Crippen LogP contribution in [0.5, 0.6) is 17.2 Å². The van der Waals surface area contributed by atoms with Gasteiger partial charge < -0.3 is 63.5 Å². The fraction of sp³-hybridized carbons (Fsp3) is 0.500. The first kappa shape index (κ1) is 93.1. The van der Waals surface area contributed by atoms with Gasteiger partial charge in [-0.05, 0) is 193 Å². The number of likely N-dealkylation sites (N-methyl/N-ethyl adjacent to an activating group) is 4. The zero-order valence-electron chi connectivity index (χ0n) is 66.6. The van der Waals surface area contributed by atoms with Crippen molar-refractivity contribution >= 4 is 90.2 Å². The van der Waals surface area contributed by atoms with Crippen molar-refractivity contribution in [3.05, 3.63) is 159 Å². The van der Waals surface area contributed by atoms with Crippen molar-refractivity contribution in [1.82, 2.24) is 42.7 Å². The van der Waals surface area contributed by atoms with Gasteiger partial charge in [0.15, 0.2) is 0 Å². The molecule has 0 radical (unpaired) electrons. The number of carbonyl (C=O) groups excluding carboxylic acids is 3. The second-order valence-corrected chi connectivity index (χ2v) is 33.6. The molecule has 2 amide bonds. The van der Waals surface area contributed by atoms with Crippen LogP contribution in [0.2, 0.25) is 0 Å². The predicted molar refractivity (Wildman–Crippen MR) is 437 cm³/mol. The number of hydrogen-bond donors (Lipinski definition) is 1. The maximum absolute atomic E-state index is 13.2. The van der Waals surface area contributed by atoms with Gasteiger partial charge in [-0.3, -0.25) is 14.4 Å². The molecule has 0 aliphatic carbocycles. The number of ether oxygens (including phenoxy) is 4. The highest BCUT2D eigenvalue weighted by Gasteiger charge is 2.30. The lowest BCUT2D eigenvalue weighted by molar-refractivity contribution is -0.131. The molecule has 9 rings (SSSR count). The second-order valence-electron chi connectivity index (χ2n) is 27.6. The number of hydrogen-bond acceptors (Lipinski definition) is 20. The summed E-state index contributed by atoms with van der Waals surface area (Å²) in [7, 11) is 10.0. The highest BCUT2D eigenvalue weighted by Crippen LogP contribution is 2.32. The highest BCUT2D eigenvalue weighted by molar-refractivity contribution is 7.89. The van der Waals surface area contributed by atoms with Gasteiger partial charge in [0.25, 0.3) is 6.47 Å². The Morgan fingerprint density at radius 3 is 0.907 bits per heavy atom. The molecule has 0 aromatic heterocycles. The Balaban J connectivity index is 0.000000317. The Bertz CT molecular complexity index is 3930. The predicted octanol–water partition coefficient (Wildman–Crippen LogP) is 8.57. The summed E-state index contributed by atoms with van der Waals surface area (Å²) in [6.45, 7) is 25.9. The first-order valence-corrected chi connectivity index (χ1v) is 40.1. The molecule has 3 aliphatic rings. The van der Waals surface area contributed by atoms with Crippen LogP contribution < -0.4 is 34.2 Å². The number of benzene rings is 6. The van der Waals surface area contributed by atoms with E-state index in [0.29, 0.717) is 70.2 Å². The summed E-state index contributed by atoms with van der Waals surface area (Å²) in [4.78, 5) is 53.9. The molecule has 0 bridgehead atoms. The minimum Gasteiger partial charge on any atom is -0.497 e. The topological polar surface area (TPSA) is 238 Å². The van der Waals surface area contributed by atoms with Gasteiger partial charge in [0.2, 0.25) is 41.9 Å². The fourth-order valence-electron chi connectivity index (χ4n) is 12.8. The fourth-order valence-corrected chi connectivity index (χ4v) is 17.5. The zero-order chi connectivity index (χ0) is 78.2. The summed E-state index contributed by atoms with van der Waals surface area (Å²) in [6, 6.07) is 35.8. The molecule has 108 heavy (non-hydrogen) atoms. The minimum absolute atomic E-state index is 0. The molecule has 30 heteroatoms. The number of piperazine rings is 3. The molecule has 6 aromatic carbocycles. The molecule has 25 nitrogen and oxygen atoms in total. The van der Waals surface area contributed by atoms with Crippen LogP contribution in [-0.2, 0) is 68.8 Å². The van der Waals surface area contributed by atoms with Crippen molar-refractivity contribution < 1.29 is 58.6 Å². The number of halogens is 2. The molecule has 0 spiro atoms. The summed E-state index contributed by atoms with van der Waals surface area (Å²) in [5.74, 6) is 1.66. The molecule has 0 saturated carbocycles. The van der Waals surface area contributed by atoms with E-state index in [1.165, 1.54) is 59.5 Å². The molecule has 0 unspecified atom stereocenters. The van der Waals surface area contributed by atoms with Crippen molar-refractivity contribution in [2.45, 2.75) is 88.7 Å². The van der Waals surface area contributed by atoms with E-state index >= 15 is 0 Å². The largest absolute Gasteiger partial charge is 0.497 e. The zero-order valence-corrected chi connectivity index (χ0v) is 70.7. The number of aryl methyl sites for hydroxylation is 6. The van der Waals surface area contributed by atoms with Crippen LogP contribution in [0, 0.1) is 41.5 Å². The molecule has 1 N–H and O–H groups in total. The number of methoxy groups -OCH3 is 3. The Kier molecular flexibility index (Phi) is 37.8. The second kappa shape index (κ2) is 43.9. The van der Waals surface area contributed by atoms with Crippen molar-refractivity contribution in [2.75, 3.05) is 204 Å². The van der Waals surface area contributed by atoms with Crippen molar-refractivity contribution in [3.8, 4) is 17.2 Å². The van der Waals surface area contributed by atoms with Crippen molar-refractivity contribution in [3.63, 3.8) is 0 Å². The number of amides is 2. The van der Waals surface area contributed by atoms with Crippen LogP contribution in [0.4, 0.5) is 17.1 Å². The van der Waals surface area contributed by atoms with Crippen LogP contribution in [0.3, 0.4) is 0 Å². The summed E-state index contributed by atoms with van der Waals surface area (Å²) in [5.41, 5.74) is 10.9. The van der Waals surface area contributed by atoms with E-state index in [2.05, 4.69) is 133 Å². The van der Waals surface area contributed by atoms with Crippen molar-refractivity contribution in [1.29, 1.82) is 0 Å². The first-order chi connectivity index (χ1) is 50.2. The lowest BCUT2D eigenvalue weighted by Gasteiger charge is -2.34. The quantitative estimate of drug-likeness (QED) is 0.0357. The van der Waals surface area contributed by atoms with Crippen LogP contribution in [0.1, 0.15) is 62.9 Å². The molecule has 0 atom stereocenters. The van der Waals surface area contributed by atoms with Gasteiger partial charge in [-0.1, -0.05) is 36.4 Å². The highest BCUT2D eigenvalue weighted by atomic mass is 35.5. The van der Waals surface area contributed by atoms with Crippen LogP contribution >= 0.6 is 24.8 Å². The SMILES string of the molecule is CNCc1ccc(N2CCN(C)CC2)cc1.COc1cc(C)c(S(=O)(=O)N(C)CCC(=O)N(C)Cc2ccc(N3CCN(C)CC3)cc2)c(C)c1.COc1cc(C)c(S(=O)(=O)N(C)CCC(=O)N(C)Cc2ccc(N3CCN(C)CC3)cc2)c(C)c1.COc1cc(C)c(S(=O)(=O)N(C)CCOC=O)c(C)c1.Cl.Cl. The number of anilines is 3. The van der Waals surface area contributed by atoms with Crippen LogP contribution in [0.25, 0.3) is 0 Å². The van der Waals surface area contributed by atoms with Gasteiger partial charge in [0.1, 0.15) is 23.9 Å². The molecule has 3 saturated heterocycles. The van der Waals surface area contributed by atoms with E-state index in [4.69, 9.17) is 14.2 Å². The van der Waals surface area contributed by atoms with E-state index in [1.54, 1.807) is 116 Å². The number of carbonyl (C=O) groups is 3. The average Bonchev–Trinajstić information content (AvgIpc) is 0.793. The number of nitrogens with zero attached hydrogens (tertiary/aromatic N) is 11. The maximum atomic E-state index is 13.2. The number of nitrogens with one attached hydrogen (secondary N) is 1. The van der Waals surface area contributed by atoms with E-state index in [9.17, 15) is 39.6 Å². The lowest BCUT2D eigenvalue weighted by atomic mass is 10.1. The minimum atomic E-state index is -3.73. The van der Waals surface area contributed by atoms with Gasteiger partial charge >= 0.3 is 0 Å². The van der Waals surface area contributed by atoms with Gasteiger partial charge in [0, 0.05) is 183 Å². The number of rotatable bonds is 28. The molecular weight excluding hydrogens is 1480 g/mol. The van der Waals surface area contributed by atoms with E-state index in [1.807, 2.05) is 7.05 Å². The molecule has 6 aromatic rings. The standard InChI is InChI=1S/2C26H38N4O4S.C13H21N3.C13H19NO5S.2ClH/c2*1-20-17-24(34-6)18-21(2)26(20)35(32,33)29(5)12-11-25(31)28(4)19-22-7-9-23(10-8-22)30-15-13-27(3)14-16-30;1-14-11-12-3-5-13(6-4-12)16-9-7-15(2)8-10-16;1-10-7-12(18-4)8-11(2)13(10)20(16,17)14(3)5-6-19-9-15;;/h2*7-10,17-18H,11-16,19H2,1-6H3;3-6,14H,7-11H2,1-2H3;7-9H,5-6H2,1-4H3;2*1H. The Hall–Kier alpha value is -7.32. The molecular formula is C78H118Cl2N12O13S3. The van der Waals surface area contributed by atoms with Gasteiger partial charge in [0.05, 0.1) is 36.0 Å². The third-order valence-corrected chi connectivity index (χ3v) is 25.9. The van der Waals surface area contributed by atoms with E-state index < -0.39 is 30.1 Å². The van der Waals surface area contributed by atoms with Gasteiger partial charge in [-0.25, -0.2) is 33.9 Å². The molecule has 3 fully saturated rings. The average molecular weight is 1600 g/mol. The van der Waals surface area contributed by atoms with Crippen molar-refractivity contribution in [2.24, 2.45) is 0 Å². The summed E-state index contributed by atoms with van der Waals surface area (Å²) < 4.78 is 102. The molecule has 3 heterocycles. The normalized spacial score (nSPS) is 14.4. The number of sulfonamides is 3. The smallest absolute Gasteiger partial charge is 0.293 e. The van der Waals surface area contributed by atoms with E-state index in [0.717, 1.165) is 101 Å². The summed E-state index contributed by atoms with van der Waals surface area (Å²) >= 11 is 0. The van der Waals surface area contributed by atoms with E-state index in [-0.39, 0.29) is 90.4 Å². The van der Waals surface area contributed by atoms with Crippen LogP contribution in [-0.4, -0.2) is 270 Å². The Morgan fingerprint density at radius 2 is 0.667 bits per heavy atom. The summed E-state index contributed by atoms with van der Waals surface area (Å²) in [5, 5.41) is 3.17. The maximum Gasteiger partial charge on any atom is 0.293 e.